The number of sulfone groups is 1. The van der Waals surface area contributed by atoms with Crippen LogP contribution in [-0.2, 0) is 9.84 Å². The molecule has 0 amide bonds. The first kappa shape index (κ1) is 19.6. The average Bonchev–Trinajstić information content (AvgIpc) is 2.68. The predicted octanol–water partition coefficient (Wildman–Crippen LogP) is 4.68. The van der Waals surface area contributed by atoms with Crippen molar-refractivity contribution in [3.05, 3.63) is 83.4 Å². The van der Waals surface area contributed by atoms with Crippen LogP contribution in [0, 0.1) is 13.8 Å². The van der Waals surface area contributed by atoms with Crippen molar-refractivity contribution in [2.24, 2.45) is 5.10 Å². The summed E-state index contributed by atoms with van der Waals surface area (Å²) in [6, 6.07) is 18.5. The summed E-state index contributed by atoms with van der Waals surface area (Å²) >= 11 is 0. The SMILES string of the molecule is C/C(=N\Nc1ccc(S(=O)(=O)c2ccc(C)cc2)cc1)c1cc(C)ccc1O. The Bertz CT molecular complexity index is 1120. The zero-order chi connectivity index (χ0) is 20.3. The highest BCUT2D eigenvalue weighted by molar-refractivity contribution is 7.91. The highest BCUT2D eigenvalue weighted by Gasteiger charge is 2.17. The van der Waals surface area contributed by atoms with Gasteiger partial charge in [0.1, 0.15) is 5.75 Å². The fourth-order valence-electron chi connectivity index (χ4n) is 2.71. The van der Waals surface area contributed by atoms with Crippen LogP contribution in [0.4, 0.5) is 5.69 Å². The molecule has 0 atom stereocenters. The van der Waals surface area contributed by atoms with E-state index in [1.165, 1.54) is 0 Å². The first-order valence-corrected chi connectivity index (χ1v) is 10.3. The topological polar surface area (TPSA) is 78.8 Å². The smallest absolute Gasteiger partial charge is 0.206 e. The summed E-state index contributed by atoms with van der Waals surface area (Å²) < 4.78 is 25.4. The lowest BCUT2D eigenvalue weighted by atomic mass is 10.1. The van der Waals surface area contributed by atoms with Crippen LogP contribution in [0.2, 0.25) is 0 Å². The fraction of sp³-hybridized carbons (Fsp3) is 0.136. The molecule has 5 nitrogen and oxygen atoms in total. The third kappa shape index (κ3) is 4.23. The summed E-state index contributed by atoms with van der Waals surface area (Å²) in [5, 5.41) is 14.3. The Hall–Kier alpha value is -3.12. The summed E-state index contributed by atoms with van der Waals surface area (Å²) in [4.78, 5) is 0.488. The van der Waals surface area contributed by atoms with Gasteiger partial charge in [0, 0.05) is 5.56 Å². The van der Waals surface area contributed by atoms with Crippen LogP contribution in [0.15, 0.2) is 81.6 Å². The molecule has 3 rings (SSSR count). The molecule has 3 aromatic rings. The van der Waals surface area contributed by atoms with Crippen LogP contribution in [0.3, 0.4) is 0 Å². The number of anilines is 1. The molecule has 0 unspecified atom stereocenters. The minimum absolute atomic E-state index is 0.160. The van der Waals surface area contributed by atoms with Gasteiger partial charge in [-0.3, -0.25) is 5.43 Å². The average molecular weight is 394 g/mol. The maximum absolute atomic E-state index is 12.7. The van der Waals surface area contributed by atoms with Gasteiger partial charge in [-0.25, -0.2) is 8.42 Å². The molecule has 0 bridgehead atoms. The highest BCUT2D eigenvalue weighted by Crippen LogP contribution is 2.23. The fourth-order valence-corrected chi connectivity index (χ4v) is 3.97. The van der Waals surface area contributed by atoms with Gasteiger partial charge in [-0.15, -0.1) is 0 Å². The number of phenolic OH excluding ortho intramolecular Hbond substituents is 1. The summed E-state index contributed by atoms with van der Waals surface area (Å²) in [7, 11) is -3.55. The number of aryl methyl sites for hydroxylation is 2. The Kier molecular flexibility index (Phi) is 5.51. The van der Waals surface area contributed by atoms with E-state index in [0.29, 0.717) is 17.0 Å². The first-order chi connectivity index (χ1) is 13.3. The van der Waals surface area contributed by atoms with Crippen LogP contribution >= 0.6 is 0 Å². The molecule has 0 spiro atoms. The Labute approximate surface area is 165 Å². The summed E-state index contributed by atoms with van der Waals surface area (Å²) in [6.45, 7) is 5.64. The van der Waals surface area contributed by atoms with E-state index < -0.39 is 9.84 Å². The van der Waals surface area contributed by atoms with E-state index in [0.717, 1.165) is 11.1 Å². The number of aromatic hydroxyl groups is 1. The number of rotatable bonds is 5. The van der Waals surface area contributed by atoms with Gasteiger partial charge in [-0.05, 0) is 69.3 Å². The Morgan fingerprint density at radius 1 is 0.857 bits per heavy atom. The Morgan fingerprint density at radius 3 is 2.00 bits per heavy atom. The van der Waals surface area contributed by atoms with E-state index >= 15 is 0 Å². The molecule has 28 heavy (non-hydrogen) atoms. The number of hydrogen-bond donors (Lipinski definition) is 2. The highest BCUT2D eigenvalue weighted by atomic mass is 32.2. The summed E-state index contributed by atoms with van der Waals surface area (Å²) in [5.41, 5.74) is 6.84. The van der Waals surface area contributed by atoms with Crippen molar-refractivity contribution >= 4 is 21.2 Å². The van der Waals surface area contributed by atoms with Gasteiger partial charge >= 0.3 is 0 Å². The van der Waals surface area contributed by atoms with Crippen LogP contribution in [0.5, 0.6) is 5.75 Å². The molecular weight excluding hydrogens is 372 g/mol. The molecule has 0 saturated carbocycles. The summed E-state index contributed by atoms with van der Waals surface area (Å²) in [6.07, 6.45) is 0. The zero-order valence-electron chi connectivity index (χ0n) is 16.0. The van der Waals surface area contributed by atoms with Gasteiger partial charge in [0.2, 0.25) is 9.84 Å². The number of nitrogens with one attached hydrogen (secondary N) is 1. The Morgan fingerprint density at radius 2 is 1.39 bits per heavy atom. The molecular formula is C22H22N2O3S. The molecule has 0 aliphatic rings. The van der Waals surface area contributed by atoms with Crippen molar-refractivity contribution in [2.75, 3.05) is 5.43 Å². The van der Waals surface area contributed by atoms with Gasteiger partial charge < -0.3 is 5.11 Å². The summed E-state index contributed by atoms with van der Waals surface area (Å²) in [5.74, 6) is 0.160. The molecule has 0 heterocycles. The van der Waals surface area contributed by atoms with Crippen molar-refractivity contribution in [1.82, 2.24) is 0 Å². The maximum Gasteiger partial charge on any atom is 0.206 e. The number of benzene rings is 3. The second-order valence-electron chi connectivity index (χ2n) is 6.67. The van der Waals surface area contributed by atoms with Gasteiger partial charge in [0.15, 0.2) is 0 Å². The van der Waals surface area contributed by atoms with Crippen molar-refractivity contribution < 1.29 is 13.5 Å². The minimum Gasteiger partial charge on any atom is -0.507 e. The minimum atomic E-state index is -3.55. The first-order valence-electron chi connectivity index (χ1n) is 8.79. The molecule has 0 radical (unpaired) electrons. The molecule has 0 aromatic heterocycles. The number of nitrogens with zero attached hydrogens (tertiary/aromatic N) is 1. The van der Waals surface area contributed by atoms with Crippen LogP contribution in [-0.4, -0.2) is 19.2 Å². The van der Waals surface area contributed by atoms with Gasteiger partial charge in [-0.2, -0.15) is 5.10 Å². The molecule has 3 aromatic carbocycles. The molecule has 2 N–H and O–H groups in total. The van der Waals surface area contributed by atoms with Gasteiger partial charge in [0.05, 0.1) is 21.2 Å². The lowest BCUT2D eigenvalue weighted by Gasteiger charge is -2.08. The van der Waals surface area contributed by atoms with Crippen molar-refractivity contribution in [1.29, 1.82) is 0 Å². The molecule has 6 heteroatoms. The van der Waals surface area contributed by atoms with E-state index in [-0.39, 0.29) is 15.5 Å². The second kappa shape index (κ2) is 7.86. The molecule has 0 aliphatic carbocycles. The van der Waals surface area contributed by atoms with Gasteiger partial charge in [0.25, 0.3) is 0 Å². The van der Waals surface area contributed by atoms with Crippen LogP contribution in [0.25, 0.3) is 0 Å². The van der Waals surface area contributed by atoms with E-state index in [1.807, 2.05) is 26.0 Å². The van der Waals surface area contributed by atoms with Gasteiger partial charge in [-0.1, -0.05) is 29.3 Å². The lowest BCUT2D eigenvalue weighted by Crippen LogP contribution is -2.03. The number of hydrazone groups is 1. The third-order valence-electron chi connectivity index (χ3n) is 4.39. The number of phenols is 1. The van der Waals surface area contributed by atoms with E-state index in [4.69, 9.17) is 0 Å². The molecule has 0 fully saturated rings. The quantitative estimate of drug-likeness (QED) is 0.487. The molecule has 0 saturated heterocycles. The second-order valence-corrected chi connectivity index (χ2v) is 8.62. The van der Waals surface area contributed by atoms with Crippen molar-refractivity contribution in [2.45, 2.75) is 30.6 Å². The van der Waals surface area contributed by atoms with Crippen LogP contribution in [0.1, 0.15) is 23.6 Å². The largest absolute Gasteiger partial charge is 0.507 e. The zero-order valence-corrected chi connectivity index (χ0v) is 16.8. The van der Waals surface area contributed by atoms with E-state index in [1.54, 1.807) is 61.5 Å². The predicted molar refractivity (Wildman–Crippen MR) is 112 cm³/mol. The third-order valence-corrected chi connectivity index (χ3v) is 6.18. The normalized spacial score (nSPS) is 12.0. The van der Waals surface area contributed by atoms with Crippen LogP contribution < -0.4 is 5.43 Å². The van der Waals surface area contributed by atoms with E-state index in [2.05, 4.69) is 10.5 Å². The maximum atomic E-state index is 12.7. The molecule has 0 aliphatic heterocycles. The van der Waals surface area contributed by atoms with Crippen molar-refractivity contribution in [3.8, 4) is 5.75 Å². The Balaban J connectivity index is 1.79. The monoisotopic (exact) mass is 394 g/mol. The number of hydrogen-bond acceptors (Lipinski definition) is 5. The lowest BCUT2D eigenvalue weighted by molar-refractivity contribution is 0.474. The standard InChI is InChI=1S/C22H22N2O3S/c1-15-4-9-19(10-5-15)28(26,27)20-11-7-18(8-12-20)24-23-17(3)21-14-16(2)6-13-22(21)25/h4-14,24-25H,1-3H3/b23-17+. The van der Waals surface area contributed by atoms with Crippen molar-refractivity contribution in [3.63, 3.8) is 0 Å². The van der Waals surface area contributed by atoms with E-state index in [9.17, 15) is 13.5 Å². The molecule has 144 valence electrons.